The van der Waals surface area contributed by atoms with Gasteiger partial charge in [0, 0.05) is 18.3 Å². The Labute approximate surface area is 91.5 Å². The summed E-state index contributed by atoms with van der Waals surface area (Å²) in [5, 5.41) is 4.06. The number of nitrogens with two attached hydrogens (primary N) is 1. The molecule has 0 fully saturated rings. The smallest absolute Gasteiger partial charge is 0.131 e. The predicted octanol–water partition coefficient (Wildman–Crippen LogP) is 1.67. The van der Waals surface area contributed by atoms with Crippen LogP contribution in [0.4, 0.5) is 8.78 Å². The topological polar surface area (TPSA) is 43.8 Å². The van der Waals surface area contributed by atoms with Gasteiger partial charge in [-0.25, -0.2) is 8.78 Å². The van der Waals surface area contributed by atoms with E-state index in [1.807, 2.05) is 0 Å². The molecule has 0 aliphatic carbocycles. The highest BCUT2D eigenvalue weighted by molar-refractivity contribution is 5.20. The van der Waals surface area contributed by atoms with Crippen molar-refractivity contribution in [2.45, 2.75) is 13.1 Å². The third kappa shape index (κ3) is 2.09. The van der Waals surface area contributed by atoms with Gasteiger partial charge in [0.1, 0.15) is 11.6 Å². The van der Waals surface area contributed by atoms with Gasteiger partial charge in [-0.15, -0.1) is 0 Å². The van der Waals surface area contributed by atoms with Crippen molar-refractivity contribution in [3.8, 4) is 0 Å². The van der Waals surface area contributed by atoms with Crippen molar-refractivity contribution in [2.75, 3.05) is 0 Å². The molecule has 0 saturated carbocycles. The lowest BCUT2D eigenvalue weighted by Crippen LogP contribution is -2.06. The largest absolute Gasteiger partial charge is 0.325 e. The molecule has 0 atom stereocenters. The van der Waals surface area contributed by atoms with Crippen LogP contribution in [0.2, 0.25) is 0 Å². The highest BCUT2D eigenvalue weighted by Gasteiger charge is 2.09. The monoisotopic (exact) mass is 223 g/mol. The Morgan fingerprint density at radius 1 is 1.19 bits per heavy atom. The summed E-state index contributed by atoms with van der Waals surface area (Å²) >= 11 is 0. The van der Waals surface area contributed by atoms with Crippen LogP contribution in [0.1, 0.15) is 11.3 Å². The minimum absolute atomic E-state index is 0.00849. The van der Waals surface area contributed by atoms with Gasteiger partial charge in [0.15, 0.2) is 0 Å². The molecule has 0 unspecified atom stereocenters. The summed E-state index contributed by atoms with van der Waals surface area (Å²) in [4.78, 5) is 0. The van der Waals surface area contributed by atoms with Crippen LogP contribution < -0.4 is 5.73 Å². The molecule has 2 rings (SSSR count). The Kier molecular flexibility index (Phi) is 2.96. The van der Waals surface area contributed by atoms with E-state index in [1.165, 1.54) is 22.9 Å². The molecule has 0 radical (unpaired) electrons. The lowest BCUT2D eigenvalue weighted by molar-refractivity contribution is 0.531. The van der Waals surface area contributed by atoms with Crippen molar-refractivity contribution in [3.05, 3.63) is 53.4 Å². The Morgan fingerprint density at radius 3 is 2.44 bits per heavy atom. The van der Waals surface area contributed by atoms with Crippen molar-refractivity contribution < 1.29 is 8.78 Å². The molecule has 2 aromatic rings. The Balaban J connectivity index is 2.26. The van der Waals surface area contributed by atoms with Gasteiger partial charge in [-0.05, 0) is 18.2 Å². The highest BCUT2D eigenvalue weighted by Crippen LogP contribution is 2.13. The van der Waals surface area contributed by atoms with E-state index in [9.17, 15) is 8.78 Å². The maximum atomic E-state index is 13.3. The third-order valence-electron chi connectivity index (χ3n) is 2.29. The number of nitrogens with zero attached hydrogens (tertiary/aromatic N) is 2. The molecule has 1 aromatic heterocycles. The van der Waals surface area contributed by atoms with Crippen LogP contribution in [0.5, 0.6) is 0 Å². The van der Waals surface area contributed by atoms with Gasteiger partial charge >= 0.3 is 0 Å². The van der Waals surface area contributed by atoms with Crippen LogP contribution in [-0.4, -0.2) is 9.78 Å². The Bertz CT molecular complexity index is 473. The molecule has 0 bridgehead atoms. The van der Waals surface area contributed by atoms with E-state index in [4.69, 9.17) is 5.73 Å². The summed E-state index contributed by atoms with van der Waals surface area (Å²) in [5.41, 5.74) is 6.09. The fourth-order valence-corrected chi connectivity index (χ4v) is 1.45. The third-order valence-corrected chi connectivity index (χ3v) is 2.29. The van der Waals surface area contributed by atoms with E-state index in [2.05, 4.69) is 5.10 Å². The Morgan fingerprint density at radius 2 is 1.88 bits per heavy atom. The van der Waals surface area contributed by atoms with Crippen molar-refractivity contribution in [1.29, 1.82) is 0 Å². The normalized spacial score (nSPS) is 10.7. The molecule has 3 nitrogen and oxygen atoms in total. The maximum Gasteiger partial charge on any atom is 0.131 e. The van der Waals surface area contributed by atoms with E-state index >= 15 is 0 Å². The first-order valence-electron chi connectivity index (χ1n) is 4.86. The summed E-state index contributed by atoms with van der Waals surface area (Å²) in [6, 6.07) is 5.51. The fourth-order valence-electron chi connectivity index (χ4n) is 1.45. The first-order valence-corrected chi connectivity index (χ1v) is 4.86. The Hall–Kier alpha value is -1.75. The molecule has 0 aliphatic rings. The summed E-state index contributed by atoms with van der Waals surface area (Å²) in [6.07, 6.45) is 1.65. The van der Waals surface area contributed by atoms with E-state index in [0.29, 0.717) is 12.2 Å². The SMILES string of the molecule is NCc1ccn(Cc2c(F)cccc2F)n1. The van der Waals surface area contributed by atoms with Crippen molar-refractivity contribution >= 4 is 0 Å². The summed E-state index contributed by atoms with van der Waals surface area (Å²) < 4.78 is 28.1. The molecule has 0 amide bonds. The predicted molar refractivity (Wildman–Crippen MR) is 55.6 cm³/mol. The number of hydrogen-bond acceptors (Lipinski definition) is 2. The standard InChI is InChI=1S/C11H11F2N3/c12-10-2-1-3-11(13)9(10)7-16-5-4-8(6-14)15-16/h1-5H,6-7,14H2. The van der Waals surface area contributed by atoms with Gasteiger partial charge < -0.3 is 5.73 Å². The number of hydrogen-bond donors (Lipinski definition) is 1. The van der Waals surface area contributed by atoms with Crippen LogP contribution in [0, 0.1) is 11.6 Å². The van der Waals surface area contributed by atoms with Gasteiger partial charge in [-0.2, -0.15) is 5.10 Å². The average Bonchev–Trinajstić information content (AvgIpc) is 2.71. The fraction of sp³-hybridized carbons (Fsp3) is 0.182. The zero-order chi connectivity index (χ0) is 11.5. The van der Waals surface area contributed by atoms with Crippen LogP contribution in [0.25, 0.3) is 0 Å². The summed E-state index contributed by atoms with van der Waals surface area (Å²) in [6.45, 7) is 0.380. The zero-order valence-corrected chi connectivity index (χ0v) is 8.53. The average molecular weight is 223 g/mol. The molecule has 1 heterocycles. The second-order valence-electron chi connectivity index (χ2n) is 3.41. The lowest BCUT2D eigenvalue weighted by Gasteiger charge is -2.04. The molecule has 84 valence electrons. The first kappa shape index (κ1) is 10.8. The van der Waals surface area contributed by atoms with E-state index in [1.54, 1.807) is 12.3 Å². The second-order valence-corrected chi connectivity index (χ2v) is 3.41. The second kappa shape index (κ2) is 4.40. The van der Waals surface area contributed by atoms with Crippen molar-refractivity contribution in [3.63, 3.8) is 0 Å². The maximum absolute atomic E-state index is 13.3. The molecule has 16 heavy (non-hydrogen) atoms. The molecule has 2 N–H and O–H groups in total. The van der Waals surface area contributed by atoms with Gasteiger partial charge in [0.05, 0.1) is 12.2 Å². The van der Waals surface area contributed by atoms with Crippen LogP contribution in [-0.2, 0) is 13.1 Å². The lowest BCUT2D eigenvalue weighted by atomic mass is 10.2. The summed E-state index contributed by atoms with van der Waals surface area (Å²) in [7, 11) is 0. The molecular formula is C11H11F2N3. The van der Waals surface area contributed by atoms with Crippen molar-refractivity contribution in [2.24, 2.45) is 5.73 Å². The zero-order valence-electron chi connectivity index (χ0n) is 8.53. The van der Waals surface area contributed by atoms with Crippen molar-refractivity contribution in [1.82, 2.24) is 9.78 Å². The molecule has 0 aliphatic heterocycles. The quantitative estimate of drug-likeness (QED) is 0.860. The van der Waals surface area contributed by atoms with E-state index in [0.717, 1.165) is 0 Å². The van der Waals surface area contributed by atoms with Crippen LogP contribution in [0.3, 0.4) is 0 Å². The molecular weight excluding hydrogens is 212 g/mol. The van der Waals surface area contributed by atoms with Gasteiger partial charge in [0.25, 0.3) is 0 Å². The van der Waals surface area contributed by atoms with E-state index in [-0.39, 0.29) is 12.1 Å². The van der Waals surface area contributed by atoms with Gasteiger partial charge in [-0.1, -0.05) is 6.07 Å². The van der Waals surface area contributed by atoms with Crippen LogP contribution in [0.15, 0.2) is 30.5 Å². The molecule has 1 aromatic carbocycles. The molecule has 0 spiro atoms. The van der Waals surface area contributed by atoms with E-state index < -0.39 is 11.6 Å². The van der Waals surface area contributed by atoms with Gasteiger partial charge in [-0.3, -0.25) is 4.68 Å². The molecule has 0 saturated heterocycles. The summed E-state index contributed by atoms with van der Waals surface area (Å²) in [5.74, 6) is -1.13. The number of aromatic nitrogens is 2. The molecule has 5 heteroatoms. The van der Waals surface area contributed by atoms with Crippen LogP contribution >= 0.6 is 0 Å². The number of halogens is 2. The highest BCUT2D eigenvalue weighted by atomic mass is 19.1. The first-order chi connectivity index (χ1) is 7.70. The van der Waals surface area contributed by atoms with Gasteiger partial charge in [0.2, 0.25) is 0 Å². The number of rotatable bonds is 3. The minimum atomic E-state index is -0.565. The minimum Gasteiger partial charge on any atom is -0.325 e. The number of benzene rings is 1.